The first-order chi connectivity index (χ1) is 6.57. The van der Waals surface area contributed by atoms with Crippen LogP contribution in [0.4, 0.5) is 4.79 Å². The second kappa shape index (κ2) is 7.62. The Kier molecular flexibility index (Phi) is 7.20. The van der Waals surface area contributed by atoms with Crippen LogP contribution in [0.3, 0.4) is 0 Å². The Morgan fingerprint density at radius 3 is 2.50 bits per heavy atom. The van der Waals surface area contributed by atoms with E-state index in [1.54, 1.807) is 11.9 Å². The molecule has 0 radical (unpaired) electrons. The molecule has 0 aliphatic rings. The van der Waals surface area contributed by atoms with Crippen LogP contribution in [0.1, 0.15) is 33.1 Å². The summed E-state index contributed by atoms with van der Waals surface area (Å²) in [6, 6.07) is 0. The molecular weight excluding hydrogens is 182 g/mol. The maximum absolute atomic E-state index is 11.3. The van der Waals surface area contributed by atoms with E-state index in [0.29, 0.717) is 6.54 Å². The standard InChI is InChI=1S/C10H21NO3/c1-9(2)14-10(13)11(3)7-5-4-6-8-12/h9,12H,4-8H2,1-3H3. The van der Waals surface area contributed by atoms with Gasteiger partial charge >= 0.3 is 6.09 Å². The summed E-state index contributed by atoms with van der Waals surface area (Å²) in [4.78, 5) is 12.8. The number of ether oxygens (including phenoxy) is 1. The van der Waals surface area contributed by atoms with Crippen LogP contribution in [0, 0.1) is 0 Å². The second-order valence-electron chi connectivity index (χ2n) is 3.64. The van der Waals surface area contributed by atoms with Crippen LogP contribution < -0.4 is 0 Å². The van der Waals surface area contributed by atoms with Crippen molar-refractivity contribution < 1.29 is 14.6 Å². The molecule has 0 aromatic heterocycles. The minimum absolute atomic E-state index is 0.0672. The van der Waals surface area contributed by atoms with Crippen molar-refractivity contribution in [2.45, 2.75) is 39.2 Å². The Labute approximate surface area is 85.9 Å². The third-order valence-corrected chi connectivity index (χ3v) is 1.80. The van der Waals surface area contributed by atoms with Gasteiger partial charge in [0.05, 0.1) is 6.10 Å². The molecule has 0 aromatic carbocycles. The van der Waals surface area contributed by atoms with Crippen molar-refractivity contribution in [1.82, 2.24) is 4.90 Å². The molecule has 0 spiro atoms. The topological polar surface area (TPSA) is 49.8 Å². The van der Waals surface area contributed by atoms with E-state index in [9.17, 15) is 4.79 Å². The normalized spacial score (nSPS) is 10.4. The fourth-order valence-electron chi connectivity index (χ4n) is 1.02. The van der Waals surface area contributed by atoms with Gasteiger partial charge in [-0.05, 0) is 33.1 Å². The van der Waals surface area contributed by atoms with Gasteiger partial charge in [0.2, 0.25) is 0 Å². The van der Waals surface area contributed by atoms with Crippen molar-refractivity contribution in [2.24, 2.45) is 0 Å². The molecular formula is C10H21NO3. The summed E-state index contributed by atoms with van der Waals surface area (Å²) in [6.07, 6.45) is 2.30. The molecule has 0 bridgehead atoms. The van der Waals surface area contributed by atoms with Crippen LogP contribution in [-0.4, -0.2) is 42.4 Å². The fourth-order valence-corrected chi connectivity index (χ4v) is 1.02. The number of aliphatic hydroxyl groups excluding tert-OH is 1. The van der Waals surface area contributed by atoms with Crippen molar-refractivity contribution in [2.75, 3.05) is 20.2 Å². The molecule has 4 nitrogen and oxygen atoms in total. The lowest BCUT2D eigenvalue weighted by Gasteiger charge is -2.18. The third kappa shape index (κ3) is 6.71. The zero-order valence-electron chi connectivity index (χ0n) is 9.32. The summed E-state index contributed by atoms with van der Waals surface area (Å²) in [5.41, 5.74) is 0. The van der Waals surface area contributed by atoms with Crippen LogP contribution >= 0.6 is 0 Å². The van der Waals surface area contributed by atoms with E-state index < -0.39 is 0 Å². The molecule has 14 heavy (non-hydrogen) atoms. The van der Waals surface area contributed by atoms with Gasteiger partial charge in [-0.25, -0.2) is 4.79 Å². The Morgan fingerprint density at radius 1 is 1.36 bits per heavy atom. The molecule has 0 fully saturated rings. The molecule has 4 heteroatoms. The fraction of sp³-hybridized carbons (Fsp3) is 0.900. The summed E-state index contributed by atoms with van der Waals surface area (Å²) in [5.74, 6) is 0. The van der Waals surface area contributed by atoms with Crippen molar-refractivity contribution in [3.8, 4) is 0 Å². The minimum Gasteiger partial charge on any atom is -0.447 e. The van der Waals surface area contributed by atoms with Gasteiger partial charge in [-0.3, -0.25) is 0 Å². The quantitative estimate of drug-likeness (QED) is 0.667. The molecule has 1 N–H and O–H groups in total. The maximum Gasteiger partial charge on any atom is 0.409 e. The Balaban J connectivity index is 3.52. The van der Waals surface area contributed by atoms with Gasteiger partial charge in [0.25, 0.3) is 0 Å². The van der Waals surface area contributed by atoms with Gasteiger partial charge in [0, 0.05) is 20.2 Å². The van der Waals surface area contributed by atoms with Crippen LogP contribution in [-0.2, 0) is 4.74 Å². The van der Waals surface area contributed by atoms with E-state index in [1.807, 2.05) is 13.8 Å². The Hall–Kier alpha value is -0.770. The lowest BCUT2D eigenvalue weighted by atomic mass is 10.2. The molecule has 0 aliphatic carbocycles. The number of hydrogen-bond donors (Lipinski definition) is 1. The average Bonchev–Trinajstić information content (AvgIpc) is 2.11. The highest BCUT2D eigenvalue weighted by Crippen LogP contribution is 2.00. The van der Waals surface area contributed by atoms with Crippen molar-refractivity contribution in [3.63, 3.8) is 0 Å². The predicted octanol–water partition coefficient (Wildman–Crippen LogP) is 1.63. The predicted molar refractivity (Wildman–Crippen MR) is 55.2 cm³/mol. The zero-order valence-corrected chi connectivity index (χ0v) is 9.32. The highest BCUT2D eigenvalue weighted by molar-refractivity contribution is 5.67. The molecule has 0 atom stereocenters. The number of unbranched alkanes of at least 4 members (excludes halogenated alkanes) is 2. The molecule has 0 saturated carbocycles. The summed E-state index contributed by atoms with van der Waals surface area (Å²) in [7, 11) is 1.73. The van der Waals surface area contributed by atoms with Crippen LogP contribution in [0.2, 0.25) is 0 Å². The average molecular weight is 203 g/mol. The van der Waals surface area contributed by atoms with Gasteiger partial charge in [0.1, 0.15) is 0 Å². The third-order valence-electron chi connectivity index (χ3n) is 1.80. The van der Waals surface area contributed by atoms with Crippen LogP contribution in [0.25, 0.3) is 0 Å². The van der Waals surface area contributed by atoms with Gasteiger partial charge in [-0.1, -0.05) is 0 Å². The number of carbonyl (C=O) groups excluding carboxylic acids is 1. The summed E-state index contributed by atoms with van der Waals surface area (Å²) in [5, 5.41) is 8.55. The summed E-state index contributed by atoms with van der Waals surface area (Å²) in [6.45, 7) is 4.57. The molecule has 84 valence electrons. The van der Waals surface area contributed by atoms with Crippen LogP contribution in [0.5, 0.6) is 0 Å². The Bertz CT molecular complexity index is 159. The van der Waals surface area contributed by atoms with E-state index in [4.69, 9.17) is 9.84 Å². The molecule has 0 aromatic rings. The van der Waals surface area contributed by atoms with E-state index in [2.05, 4.69) is 0 Å². The number of carbonyl (C=O) groups is 1. The molecule has 0 saturated heterocycles. The number of aliphatic hydroxyl groups is 1. The number of hydrogen-bond acceptors (Lipinski definition) is 3. The first kappa shape index (κ1) is 13.2. The maximum atomic E-state index is 11.3. The molecule has 0 aliphatic heterocycles. The zero-order chi connectivity index (χ0) is 11.0. The monoisotopic (exact) mass is 203 g/mol. The number of rotatable bonds is 6. The molecule has 0 unspecified atom stereocenters. The lowest BCUT2D eigenvalue weighted by molar-refractivity contribution is 0.0835. The first-order valence-corrected chi connectivity index (χ1v) is 5.10. The smallest absolute Gasteiger partial charge is 0.409 e. The van der Waals surface area contributed by atoms with Crippen LogP contribution in [0.15, 0.2) is 0 Å². The van der Waals surface area contributed by atoms with Crippen molar-refractivity contribution in [3.05, 3.63) is 0 Å². The summed E-state index contributed by atoms with van der Waals surface area (Å²) >= 11 is 0. The minimum atomic E-state index is -0.274. The highest BCUT2D eigenvalue weighted by atomic mass is 16.6. The van der Waals surface area contributed by atoms with Crippen molar-refractivity contribution >= 4 is 6.09 Å². The highest BCUT2D eigenvalue weighted by Gasteiger charge is 2.10. The second-order valence-corrected chi connectivity index (χ2v) is 3.64. The first-order valence-electron chi connectivity index (χ1n) is 5.10. The van der Waals surface area contributed by atoms with Gasteiger partial charge in [-0.2, -0.15) is 0 Å². The van der Waals surface area contributed by atoms with Gasteiger partial charge < -0.3 is 14.7 Å². The molecule has 0 heterocycles. The Morgan fingerprint density at radius 2 is 2.00 bits per heavy atom. The SMILES string of the molecule is CC(C)OC(=O)N(C)CCCCCO. The van der Waals surface area contributed by atoms with Gasteiger partial charge in [0.15, 0.2) is 0 Å². The molecule has 1 amide bonds. The number of amides is 1. The number of nitrogens with zero attached hydrogens (tertiary/aromatic N) is 1. The lowest BCUT2D eigenvalue weighted by Crippen LogP contribution is -2.30. The van der Waals surface area contributed by atoms with Gasteiger partial charge in [-0.15, -0.1) is 0 Å². The largest absolute Gasteiger partial charge is 0.447 e. The van der Waals surface area contributed by atoms with E-state index in [-0.39, 0.29) is 18.8 Å². The van der Waals surface area contributed by atoms with E-state index in [1.165, 1.54) is 0 Å². The van der Waals surface area contributed by atoms with E-state index >= 15 is 0 Å². The van der Waals surface area contributed by atoms with E-state index in [0.717, 1.165) is 19.3 Å². The van der Waals surface area contributed by atoms with Crippen molar-refractivity contribution in [1.29, 1.82) is 0 Å². The summed E-state index contributed by atoms with van der Waals surface area (Å²) < 4.78 is 5.01. The molecule has 0 rings (SSSR count).